The van der Waals surface area contributed by atoms with Crippen molar-refractivity contribution in [1.29, 1.82) is 0 Å². The van der Waals surface area contributed by atoms with Crippen LogP contribution in [0, 0.1) is 25.5 Å². The summed E-state index contributed by atoms with van der Waals surface area (Å²) in [4.78, 5) is 97.0. The summed E-state index contributed by atoms with van der Waals surface area (Å²) in [7, 11) is -9.72. The number of sulfonamides is 1. The van der Waals surface area contributed by atoms with E-state index in [2.05, 4.69) is 100 Å². The van der Waals surface area contributed by atoms with Crippen molar-refractivity contribution in [1.82, 2.24) is 97.2 Å². The Labute approximate surface area is 823 Å². The zero-order valence-electron chi connectivity index (χ0n) is 78.8. The fourth-order valence-corrected chi connectivity index (χ4v) is 22.5. The number of likely N-dealkylation sites (N-methyl/N-ethyl adjacent to an activating group) is 1. The van der Waals surface area contributed by atoms with Gasteiger partial charge in [0.05, 0.1) is 86.8 Å². The first-order valence-electron chi connectivity index (χ1n) is 45.7. The second-order valence-electron chi connectivity index (χ2n) is 34.8. The molecule has 0 amide bonds. The summed E-state index contributed by atoms with van der Waals surface area (Å²) in [6.07, 6.45) is 13.4. The molecule has 4 unspecified atom stereocenters. The fourth-order valence-electron chi connectivity index (χ4n) is 17.2. The molecule has 0 spiro atoms. The fraction of sp³-hybridized carbons (Fsp3) is 0.309. The molecule has 11 aromatic heterocycles. The maximum absolute atomic E-state index is 15.3. The maximum atomic E-state index is 15.3. The smallest absolute Gasteiger partial charge is 0.278 e. The molecule has 0 bridgehead atoms. The lowest BCUT2D eigenvalue weighted by Crippen LogP contribution is -2.50. The Kier molecular flexibility index (Phi) is 29.8. The molecular weight excluding hydrogens is 1920 g/mol. The number of pyridine rings is 5. The Balaban J connectivity index is 0.000000146. The van der Waals surface area contributed by atoms with Crippen molar-refractivity contribution in [2.24, 2.45) is 7.05 Å². The summed E-state index contributed by atoms with van der Waals surface area (Å²) >= 11 is 7.81. The molecule has 15 heterocycles. The summed E-state index contributed by atoms with van der Waals surface area (Å²) in [5.74, 6) is 8.28. The molecule has 141 heavy (non-hydrogen) atoms. The number of rotatable bonds is 27. The minimum absolute atomic E-state index is 0.00444. The molecule has 44 heteroatoms. The van der Waals surface area contributed by atoms with E-state index in [1.165, 1.54) is 42.5 Å². The minimum atomic E-state index is -3.86. The van der Waals surface area contributed by atoms with Crippen molar-refractivity contribution in [3.05, 3.63) is 253 Å². The number of halogens is 3. The summed E-state index contributed by atoms with van der Waals surface area (Å²) < 4.78 is 122. The number of imidazole rings is 2. The van der Waals surface area contributed by atoms with E-state index in [4.69, 9.17) is 26.3 Å². The van der Waals surface area contributed by atoms with Gasteiger partial charge < -0.3 is 55.9 Å². The number of nitrogens with one attached hydrogen (secondary N) is 6. The Hall–Kier alpha value is -13.2. The van der Waals surface area contributed by atoms with E-state index in [0.717, 1.165) is 115 Å². The number of morpholine rings is 1. The zero-order valence-corrected chi connectivity index (χ0v) is 83.6. The van der Waals surface area contributed by atoms with Gasteiger partial charge in [0.2, 0.25) is 27.9 Å². The van der Waals surface area contributed by atoms with Crippen LogP contribution >= 0.6 is 22.9 Å². The molecule has 4 atom stereocenters. The number of hydrogen-bond acceptors (Lipinski definition) is 31. The van der Waals surface area contributed by atoms with Gasteiger partial charge in [0, 0.05) is 237 Å². The lowest BCUT2D eigenvalue weighted by atomic mass is 10.1. The van der Waals surface area contributed by atoms with Crippen LogP contribution < -0.4 is 63.3 Å². The van der Waals surface area contributed by atoms with E-state index >= 15 is 8.78 Å². The Bertz CT molecular complexity index is 7890. The predicted octanol–water partition coefficient (Wildman–Crippen LogP) is 10.7. The van der Waals surface area contributed by atoms with Gasteiger partial charge >= 0.3 is 0 Å². The standard InChI is InChI=1S/C35H38FN9O3S.C33H31ClN8O3S2.C29H38FN9O4S2/c1-24-23-44(12-11-38-24)32-6-3-26(20-30(32)36)41-35-40-21-25-19-29(34(46)45(33(25)42-35)14-13-43-15-17-48-18-16-43)31-5-4-28(22-39-31)49(2,47)27-7-9-37-10-8-27;1-21-6-3-4-7-23(21)19-41-31-24(16-26(32(41)43)30-22(2)42(20-37-30)47(44,45)29-8-5-15-46-29)18-36-33(39-31)38-25-9-10-28(27(34)17-25)40-13-11-35-12-14-40;1-7-44(5,41)25-18-36(3)27(34-25)22-14-20-17-32-29(35-26(20)39(28(22)40)13-12-37(4)45(6,42)43)33-21-8-9-24(23(30)15-21)38-11-10-31-16-19(38)2/h3-10,19-22,24,38H,2,11-18,23H2,1H3,(H,40,41,42);3-10,15-18,20,35H,11-14,19H2,1-2H3,(H,36,38,39);8-9,14-15,17-19,31H,5,7,10-13,16H2,1-4,6H3,(H,32,33,35). The second-order valence-corrected chi connectivity index (χ2v) is 45.2. The van der Waals surface area contributed by atoms with Crippen molar-refractivity contribution < 1.29 is 38.8 Å². The third-order valence-corrected chi connectivity index (χ3v) is 33.9. The molecule has 4 fully saturated rings. The van der Waals surface area contributed by atoms with Crippen molar-refractivity contribution in [3.8, 4) is 33.9 Å². The number of ether oxygens (including phenoxy) is 1. The Morgan fingerprint density at radius 1 is 0.603 bits per heavy atom. The van der Waals surface area contributed by atoms with Gasteiger partial charge in [-0.3, -0.25) is 51.4 Å². The number of aromatic nitrogens is 15. The Morgan fingerprint density at radius 2 is 1.19 bits per heavy atom. The van der Waals surface area contributed by atoms with Crippen molar-refractivity contribution in [2.45, 2.75) is 85.4 Å². The SMILES string of the molecule is C=S(=O)(CC)c1cn(C)c(-c2cc3cnc(Nc4ccc(N5CCNCC5C)c(F)c4)nc3n(CCN(C)S(C)(=O)=O)c2=O)n1.C=S(=O)(c1ccncc1)c1ccc(-c2cc3cnc(Nc4ccc(N5CCNC(C)C5)c(F)c4)nc3n(CCN3CCOCC3)c2=O)nc1.Cc1ccccc1Cn1c(=O)c(-c2ncn(S(=O)(=O)c3cccs3)c2C)cc2cnc(Nc3ccc(N4CCNCC4)c(Cl)c3)nc21. The molecule has 19 rings (SSSR count). The largest absolute Gasteiger partial charge is 0.379 e. The quantitative estimate of drug-likeness (QED) is 0.0260. The number of thiophene rings is 1. The molecule has 0 radical (unpaired) electrons. The molecule has 36 nitrogen and oxygen atoms in total. The molecule has 4 saturated heterocycles. The number of nitrogens with zero attached hydrogens (tertiary/aromatic N) is 20. The van der Waals surface area contributed by atoms with Crippen molar-refractivity contribution in [2.75, 3.05) is 155 Å². The molecule has 6 N–H and O–H groups in total. The summed E-state index contributed by atoms with van der Waals surface area (Å²) in [5, 5.41) is 23.8. The van der Waals surface area contributed by atoms with E-state index in [-0.39, 0.29) is 110 Å². The highest BCUT2D eigenvalue weighted by Gasteiger charge is 2.30. The number of benzene rings is 4. The van der Waals surface area contributed by atoms with E-state index < -0.39 is 44.6 Å². The highest BCUT2D eigenvalue weighted by atomic mass is 35.5. The molecule has 4 aliphatic rings. The summed E-state index contributed by atoms with van der Waals surface area (Å²) in [6.45, 7) is 21.6. The molecule has 0 aliphatic carbocycles. The van der Waals surface area contributed by atoms with Crippen LogP contribution in [0.4, 0.5) is 60.8 Å². The summed E-state index contributed by atoms with van der Waals surface area (Å²) in [5.41, 5.74) is 7.52. The third kappa shape index (κ3) is 22.0. The number of anilines is 9. The van der Waals surface area contributed by atoms with Gasteiger partial charge in [-0.1, -0.05) is 48.9 Å². The first-order chi connectivity index (χ1) is 67.6. The van der Waals surface area contributed by atoms with Gasteiger partial charge in [0.1, 0.15) is 50.0 Å². The normalized spacial score (nSPS) is 16.4. The highest BCUT2D eigenvalue weighted by molar-refractivity contribution is 8.00. The molecule has 736 valence electrons. The lowest BCUT2D eigenvalue weighted by molar-refractivity contribution is 0.0364. The molecule has 4 aromatic carbocycles. The van der Waals surface area contributed by atoms with Gasteiger partial charge in [-0.05, 0) is 159 Å². The topological polar surface area (TPSA) is 405 Å². The average molecular weight is 2030 g/mol. The van der Waals surface area contributed by atoms with Gasteiger partial charge in [0.25, 0.3) is 26.7 Å². The highest BCUT2D eigenvalue weighted by Crippen LogP contribution is 2.36. The van der Waals surface area contributed by atoms with Gasteiger partial charge in [-0.15, -0.1) is 11.3 Å². The zero-order chi connectivity index (χ0) is 99.3. The van der Waals surface area contributed by atoms with Crippen LogP contribution in [0.25, 0.3) is 67.0 Å². The van der Waals surface area contributed by atoms with Crippen molar-refractivity contribution in [3.63, 3.8) is 0 Å². The molecule has 15 aromatic rings. The van der Waals surface area contributed by atoms with E-state index in [1.807, 2.05) is 66.1 Å². The molecular formula is C97H107ClF2N26O10S5. The van der Waals surface area contributed by atoms with Crippen LogP contribution in [-0.2, 0) is 70.5 Å². The molecule has 4 aliphatic heterocycles. The van der Waals surface area contributed by atoms with Gasteiger partial charge in [-0.25, -0.2) is 50.4 Å². The number of piperazine rings is 3. The lowest BCUT2D eigenvalue weighted by Gasteiger charge is -2.36. The van der Waals surface area contributed by atoms with E-state index in [1.54, 1.807) is 150 Å². The second kappa shape index (κ2) is 42.3. The van der Waals surface area contributed by atoms with Crippen LogP contribution in [0.15, 0.2) is 222 Å². The monoisotopic (exact) mass is 2030 g/mol. The molecule has 0 saturated carbocycles. The van der Waals surface area contributed by atoms with Gasteiger partial charge in [0.15, 0.2) is 0 Å². The maximum Gasteiger partial charge on any atom is 0.278 e. The number of fused-ring (bicyclic) bond motifs is 3. The van der Waals surface area contributed by atoms with Crippen LogP contribution in [0.3, 0.4) is 0 Å². The third-order valence-electron chi connectivity index (χ3n) is 25.2. The van der Waals surface area contributed by atoms with Crippen LogP contribution in [0.1, 0.15) is 37.6 Å². The summed E-state index contributed by atoms with van der Waals surface area (Å²) in [6, 6.07) is 38.8. The minimum Gasteiger partial charge on any atom is -0.379 e. The predicted molar refractivity (Wildman–Crippen MR) is 553 cm³/mol. The van der Waals surface area contributed by atoms with Crippen LogP contribution in [-0.4, -0.2) is 254 Å². The average Bonchev–Trinajstić information content (AvgIpc) is 1.70. The number of aryl methyl sites for hydroxylation is 2. The number of hydrogen-bond donors (Lipinski definition) is 6. The Morgan fingerprint density at radius 3 is 1.79 bits per heavy atom. The first kappa shape index (κ1) is 99.4. The van der Waals surface area contributed by atoms with Crippen LogP contribution in [0.2, 0.25) is 5.02 Å². The van der Waals surface area contributed by atoms with Crippen LogP contribution in [0.5, 0.6) is 0 Å². The first-order valence-corrected chi connectivity index (χ1v) is 53.9. The van der Waals surface area contributed by atoms with E-state index in [0.29, 0.717) is 126 Å². The van der Waals surface area contributed by atoms with E-state index in [9.17, 15) is 39.6 Å². The van der Waals surface area contributed by atoms with Gasteiger partial charge in [-0.2, -0.15) is 23.4 Å². The van der Waals surface area contributed by atoms with Crippen molar-refractivity contribution >= 4 is 159 Å².